The molecule has 3 rings (SSSR count). The third-order valence-electron chi connectivity index (χ3n) is 4.12. The summed E-state index contributed by atoms with van der Waals surface area (Å²) in [5.41, 5.74) is 2.99. The van der Waals surface area contributed by atoms with Crippen LogP contribution < -0.4 is 10.6 Å². The van der Waals surface area contributed by atoms with E-state index in [4.69, 9.17) is 0 Å². The van der Waals surface area contributed by atoms with Crippen molar-refractivity contribution in [1.29, 1.82) is 0 Å². The maximum atomic E-state index is 12.3. The minimum Gasteiger partial charge on any atom is -0.349 e. The van der Waals surface area contributed by atoms with Crippen LogP contribution in [0.1, 0.15) is 46.4 Å². The number of thiazole rings is 1. The third kappa shape index (κ3) is 5.24. The number of aryl methyl sites for hydroxylation is 1. The molecule has 27 heavy (non-hydrogen) atoms. The van der Waals surface area contributed by atoms with Gasteiger partial charge in [-0.05, 0) is 35.9 Å². The van der Waals surface area contributed by atoms with Crippen molar-refractivity contribution in [2.24, 2.45) is 0 Å². The Balaban J connectivity index is 1.53. The van der Waals surface area contributed by atoms with Crippen LogP contribution in [0.2, 0.25) is 0 Å². The lowest BCUT2D eigenvalue weighted by Crippen LogP contribution is -2.28. The lowest BCUT2D eigenvalue weighted by Gasteiger charge is -2.14. The fourth-order valence-electron chi connectivity index (χ4n) is 2.59. The Morgan fingerprint density at radius 3 is 2.59 bits per heavy atom. The molecular formula is C20H21N3O2S2. The molecule has 2 amide bonds. The molecule has 0 spiro atoms. The number of rotatable bonds is 7. The molecule has 1 unspecified atom stereocenters. The predicted octanol–water partition coefficient (Wildman–Crippen LogP) is 4.44. The van der Waals surface area contributed by atoms with E-state index in [-0.39, 0.29) is 24.3 Å². The fraction of sp³-hybridized carbons (Fsp3) is 0.250. The maximum Gasteiger partial charge on any atom is 0.267 e. The monoisotopic (exact) mass is 399 g/mol. The van der Waals surface area contributed by atoms with Gasteiger partial charge in [0.25, 0.3) is 5.91 Å². The van der Waals surface area contributed by atoms with Gasteiger partial charge in [-0.1, -0.05) is 37.3 Å². The Kier molecular flexibility index (Phi) is 6.36. The molecule has 7 heteroatoms. The zero-order valence-corrected chi connectivity index (χ0v) is 16.8. The third-order valence-corrected chi connectivity index (χ3v) is 5.80. The van der Waals surface area contributed by atoms with E-state index < -0.39 is 0 Å². The van der Waals surface area contributed by atoms with E-state index in [0.717, 1.165) is 12.0 Å². The normalized spacial score (nSPS) is 11.8. The van der Waals surface area contributed by atoms with Gasteiger partial charge in [0.1, 0.15) is 0 Å². The van der Waals surface area contributed by atoms with Crippen LogP contribution in [0.3, 0.4) is 0 Å². The highest BCUT2D eigenvalue weighted by molar-refractivity contribution is 7.14. The summed E-state index contributed by atoms with van der Waals surface area (Å²) >= 11 is 2.69. The zero-order chi connectivity index (χ0) is 19.2. The van der Waals surface area contributed by atoms with Crippen molar-refractivity contribution in [1.82, 2.24) is 10.3 Å². The summed E-state index contributed by atoms with van der Waals surface area (Å²) in [4.78, 5) is 29.3. The summed E-state index contributed by atoms with van der Waals surface area (Å²) < 4.78 is 0. The smallest absolute Gasteiger partial charge is 0.267 e. The van der Waals surface area contributed by atoms with Gasteiger partial charge < -0.3 is 5.32 Å². The van der Waals surface area contributed by atoms with Crippen LogP contribution in [0.25, 0.3) is 0 Å². The molecule has 0 aliphatic rings. The average Bonchev–Trinajstić information content (AvgIpc) is 3.34. The van der Waals surface area contributed by atoms with Gasteiger partial charge in [-0.15, -0.1) is 22.7 Å². The number of benzene rings is 1. The number of carbonyl (C=O) groups is 2. The molecular weight excluding hydrogens is 378 g/mol. The summed E-state index contributed by atoms with van der Waals surface area (Å²) in [6, 6.07) is 11.8. The van der Waals surface area contributed by atoms with E-state index >= 15 is 0 Å². The van der Waals surface area contributed by atoms with Crippen LogP contribution in [-0.2, 0) is 17.6 Å². The minimum absolute atomic E-state index is 0.0694. The molecule has 2 aromatic heterocycles. The van der Waals surface area contributed by atoms with Crippen LogP contribution >= 0.6 is 22.7 Å². The van der Waals surface area contributed by atoms with Crippen molar-refractivity contribution in [2.75, 3.05) is 5.32 Å². The maximum absolute atomic E-state index is 12.3. The quantitative estimate of drug-likeness (QED) is 0.617. The predicted molar refractivity (Wildman–Crippen MR) is 110 cm³/mol. The summed E-state index contributed by atoms with van der Waals surface area (Å²) in [6.45, 7) is 4.08. The summed E-state index contributed by atoms with van der Waals surface area (Å²) in [5, 5.41) is 9.90. The van der Waals surface area contributed by atoms with Gasteiger partial charge in [0.05, 0.1) is 23.0 Å². The highest BCUT2D eigenvalue weighted by Crippen LogP contribution is 2.19. The van der Waals surface area contributed by atoms with Gasteiger partial charge >= 0.3 is 0 Å². The average molecular weight is 400 g/mol. The summed E-state index contributed by atoms with van der Waals surface area (Å²) in [5.74, 6) is -0.275. The summed E-state index contributed by atoms with van der Waals surface area (Å²) in [7, 11) is 0. The Hall–Kier alpha value is -2.51. The van der Waals surface area contributed by atoms with E-state index in [1.165, 1.54) is 28.2 Å². The molecule has 0 bridgehead atoms. The molecule has 140 valence electrons. The first-order chi connectivity index (χ1) is 13.0. The largest absolute Gasteiger partial charge is 0.349 e. The molecule has 3 aromatic rings. The SMILES string of the molecule is CCc1ccc(C(C)NC(=O)Cc2csc(NC(=O)c3cccs3)n2)cc1. The number of carbonyl (C=O) groups excluding carboxylic acids is 2. The zero-order valence-electron chi connectivity index (χ0n) is 15.2. The first-order valence-corrected chi connectivity index (χ1v) is 10.5. The first kappa shape index (κ1) is 19.3. The van der Waals surface area contributed by atoms with Crippen molar-refractivity contribution in [3.05, 3.63) is 68.9 Å². The van der Waals surface area contributed by atoms with Gasteiger partial charge in [-0.25, -0.2) is 4.98 Å². The van der Waals surface area contributed by atoms with Crippen molar-refractivity contribution >= 4 is 39.6 Å². The minimum atomic E-state index is -0.181. The Labute approximate surface area is 166 Å². The van der Waals surface area contributed by atoms with E-state index in [9.17, 15) is 9.59 Å². The van der Waals surface area contributed by atoms with Crippen molar-refractivity contribution in [3.8, 4) is 0 Å². The van der Waals surface area contributed by atoms with Crippen LogP contribution in [-0.4, -0.2) is 16.8 Å². The van der Waals surface area contributed by atoms with Crippen LogP contribution in [0.15, 0.2) is 47.2 Å². The lowest BCUT2D eigenvalue weighted by atomic mass is 10.0. The number of anilines is 1. The number of aromatic nitrogens is 1. The first-order valence-electron chi connectivity index (χ1n) is 8.72. The van der Waals surface area contributed by atoms with Gasteiger partial charge in [0, 0.05) is 5.38 Å². The second-order valence-electron chi connectivity index (χ2n) is 6.14. The number of thiophene rings is 1. The number of amides is 2. The van der Waals surface area contributed by atoms with Gasteiger partial charge in [0.15, 0.2) is 5.13 Å². The molecule has 0 aliphatic carbocycles. The molecule has 2 heterocycles. The second kappa shape index (κ2) is 8.92. The van der Waals surface area contributed by atoms with Gasteiger partial charge in [-0.2, -0.15) is 0 Å². The van der Waals surface area contributed by atoms with Crippen LogP contribution in [0, 0.1) is 0 Å². The number of hydrogen-bond donors (Lipinski definition) is 2. The number of nitrogens with zero attached hydrogens (tertiary/aromatic N) is 1. The van der Waals surface area contributed by atoms with Crippen molar-refractivity contribution in [2.45, 2.75) is 32.7 Å². The molecule has 1 aromatic carbocycles. The Morgan fingerprint density at radius 2 is 1.93 bits per heavy atom. The molecule has 0 fully saturated rings. The molecule has 0 aliphatic heterocycles. The number of hydrogen-bond acceptors (Lipinski definition) is 5. The molecule has 0 saturated carbocycles. The Morgan fingerprint density at radius 1 is 1.15 bits per heavy atom. The molecule has 5 nitrogen and oxygen atoms in total. The van der Waals surface area contributed by atoms with E-state index in [1.54, 1.807) is 11.4 Å². The molecule has 1 atom stereocenters. The van der Waals surface area contributed by atoms with E-state index in [2.05, 4.69) is 34.7 Å². The fourth-order valence-corrected chi connectivity index (χ4v) is 3.92. The van der Waals surface area contributed by atoms with Gasteiger partial charge in [0.2, 0.25) is 5.91 Å². The van der Waals surface area contributed by atoms with E-state index in [1.807, 2.05) is 30.5 Å². The van der Waals surface area contributed by atoms with Crippen molar-refractivity contribution < 1.29 is 9.59 Å². The number of nitrogens with one attached hydrogen (secondary N) is 2. The van der Waals surface area contributed by atoms with E-state index in [0.29, 0.717) is 15.7 Å². The van der Waals surface area contributed by atoms with Crippen LogP contribution in [0.4, 0.5) is 5.13 Å². The highest BCUT2D eigenvalue weighted by Gasteiger charge is 2.14. The summed E-state index contributed by atoms with van der Waals surface area (Å²) in [6.07, 6.45) is 1.18. The van der Waals surface area contributed by atoms with Gasteiger partial charge in [-0.3, -0.25) is 14.9 Å². The second-order valence-corrected chi connectivity index (χ2v) is 7.94. The Bertz CT molecular complexity index is 902. The molecule has 2 N–H and O–H groups in total. The standard InChI is InChI=1S/C20H21N3O2S2/c1-3-14-6-8-15(9-7-14)13(2)21-18(24)11-16-12-27-20(22-16)23-19(25)17-5-4-10-26-17/h4-10,12-13H,3,11H2,1-2H3,(H,21,24)(H,22,23,25). The molecule has 0 saturated heterocycles. The highest BCUT2D eigenvalue weighted by atomic mass is 32.1. The topological polar surface area (TPSA) is 71.1 Å². The van der Waals surface area contributed by atoms with Crippen LogP contribution in [0.5, 0.6) is 0 Å². The van der Waals surface area contributed by atoms with Crippen molar-refractivity contribution in [3.63, 3.8) is 0 Å². The molecule has 0 radical (unpaired) electrons. The lowest BCUT2D eigenvalue weighted by molar-refractivity contribution is -0.121.